The molecular weight excluding hydrogens is 254 g/mol. The number of anilines is 1. The molecule has 0 bridgehead atoms. The van der Waals surface area contributed by atoms with Crippen LogP contribution in [0, 0.1) is 6.92 Å². The maximum atomic E-state index is 11.9. The summed E-state index contributed by atoms with van der Waals surface area (Å²) in [7, 11) is 1.76. The number of ether oxygens (including phenoxy) is 1. The predicted octanol–water partition coefficient (Wildman–Crippen LogP) is 2.20. The monoisotopic (exact) mass is 269 g/mol. The Balaban J connectivity index is 2.05. The van der Waals surface area contributed by atoms with Crippen LogP contribution in [0.3, 0.4) is 0 Å². The Morgan fingerprint density at radius 3 is 2.80 bits per heavy atom. The van der Waals surface area contributed by atoms with E-state index >= 15 is 0 Å². The summed E-state index contributed by atoms with van der Waals surface area (Å²) in [6.07, 6.45) is 0.394. The van der Waals surface area contributed by atoms with E-state index in [0.717, 1.165) is 28.4 Å². The lowest BCUT2D eigenvalue weighted by Crippen LogP contribution is -2.25. The lowest BCUT2D eigenvalue weighted by atomic mass is 10.1. The van der Waals surface area contributed by atoms with Gasteiger partial charge < -0.3 is 9.64 Å². The fourth-order valence-corrected chi connectivity index (χ4v) is 2.16. The molecule has 5 nitrogen and oxygen atoms in total. The minimum atomic E-state index is 0.0518. The maximum absolute atomic E-state index is 11.9. The lowest BCUT2D eigenvalue weighted by Gasteiger charge is -2.17. The fraction of sp³-hybridized carbons (Fsp3) is 0.267. The third-order valence-corrected chi connectivity index (χ3v) is 3.36. The van der Waals surface area contributed by atoms with E-state index in [1.54, 1.807) is 11.9 Å². The van der Waals surface area contributed by atoms with Gasteiger partial charge in [-0.3, -0.25) is 4.79 Å². The van der Waals surface area contributed by atoms with E-state index in [1.165, 1.54) is 0 Å². The van der Waals surface area contributed by atoms with Gasteiger partial charge in [-0.25, -0.2) is 0 Å². The summed E-state index contributed by atoms with van der Waals surface area (Å²) in [5.41, 5.74) is 3.34. The number of benzene rings is 1. The van der Waals surface area contributed by atoms with Crippen LogP contribution in [0.5, 0.6) is 5.75 Å². The number of hydrogen-bond donors (Lipinski definition) is 0. The van der Waals surface area contributed by atoms with Crippen molar-refractivity contribution in [3.63, 3.8) is 0 Å². The van der Waals surface area contributed by atoms with Gasteiger partial charge in [0.05, 0.1) is 30.1 Å². The predicted molar refractivity (Wildman–Crippen MR) is 75.7 cm³/mol. The normalized spacial score (nSPS) is 14.5. The highest BCUT2D eigenvalue weighted by atomic mass is 16.5. The van der Waals surface area contributed by atoms with Crippen molar-refractivity contribution in [3.8, 4) is 17.0 Å². The molecule has 0 saturated carbocycles. The number of rotatable bonds is 1. The standard InChI is InChI=1S/C15H15N3O2/c1-10-3-5-12(17-16-10)11-4-6-14-13(9-11)18(2)15(19)7-8-20-14/h3-6,9H,7-8H2,1-2H3. The van der Waals surface area contributed by atoms with Gasteiger partial charge in [-0.15, -0.1) is 0 Å². The highest BCUT2D eigenvalue weighted by Crippen LogP contribution is 2.34. The van der Waals surface area contributed by atoms with Gasteiger partial charge in [-0.05, 0) is 37.3 Å². The van der Waals surface area contributed by atoms with Gasteiger partial charge in [0.2, 0.25) is 5.91 Å². The molecule has 1 amide bonds. The SMILES string of the molecule is Cc1ccc(-c2ccc3c(c2)N(C)C(=O)CCO3)nn1. The van der Waals surface area contributed by atoms with Crippen LogP contribution in [0.1, 0.15) is 12.1 Å². The van der Waals surface area contributed by atoms with E-state index < -0.39 is 0 Å². The van der Waals surface area contributed by atoms with Gasteiger partial charge in [-0.1, -0.05) is 0 Å². The van der Waals surface area contributed by atoms with Crippen molar-refractivity contribution in [2.75, 3.05) is 18.6 Å². The third kappa shape index (κ3) is 2.22. The topological polar surface area (TPSA) is 55.3 Å². The van der Waals surface area contributed by atoms with E-state index in [0.29, 0.717) is 13.0 Å². The van der Waals surface area contributed by atoms with Crippen molar-refractivity contribution in [1.82, 2.24) is 10.2 Å². The molecule has 2 aromatic rings. The number of aromatic nitrogens is 2. The van der Waals surface area contributed by atoms with Crippen molar-refractivity contribution < 1.29 is 9.53 Å². The van der Waals surface area contributed by atoms with Crippen molar-refractivity contribution in [3.05, 3.63) is 36.0 Å². The Labute approximate surface area is 117 Å². The molecule has 0 N–H and O–H groups in total. The summed E-state index contributed by atoms with van der Waals surface area (Å²) in [6.45, 7) is 2.31. The molecule has 1 aliphatic heterocycles. The molecule has 1 aliphatic rings. The van der Waals surface area contributed by atoms with E-state index in [4.69, 9.17) is 4.74 Å². The smallest absolute Gasteiger partial charge is 0.230 e. The van der Waals surface area contributed by atoms with Crippen molar-refractivity contribution >= 4 is 11.6 Å². The molecule has 0 saturated heterocycles. The van der Waals surface area contributed by atoms with Gasteiger partial charge in [-0.2, -0.15) is 10.2 Å². The Hall–Kier alpha value is -2.43. The second kappa shape index (κ2) is 4.92. The number of carbonyl (C=O) groups excluding carboxylic acids is 1. The average Bonchev–Trinajstić information content (AvgIpc) is 2.60. The first kappa shape index (κ1) is 12.6. The van der Waals surface area contributed by atoms with Crippen molar-refractivity contribution in [1.29, 1.82) is 0 Å². The molecule has 2 heterocycles. The molecule has 5 heteroatoms. The Morgan fingerprint density at radius 1 is 1.20 bits per heavy atom. The average molecular weight is 269 g/mol. The number of amides is 1. The summed E-state index contributed by atoms with van der Waals surface area (Å²) >= 11 is 0. The first-order chi connectivity index (χ1) is 9.65. The van der Waals surface area contributed by atoms with Crippen LogP contribution in [0.2, 0.25) is 0 Å². The van der Waals surface area contributed by atoms with Crippen molar-refractivity contribution in [2.45, 2.75) is 13.3 Å². The van der Waals surface area contributed by atoms with Crippen LogP contribution in [-0.4, -0.2) is 29.8 Å². The number of carbonyl (C=O) groups is 1. The van der Waals surface area contributed by atoms with Crippen LogP contribution in [0.25, 0.3) is 11.3 Å². The van der Waals surface area contributed by atoms with Crippen LogP contribution in [0.4, 0.5) is 5.69 Å². The molecule has 1 aromatic carbocycles. The summed E-state index contributed by atoms with van der Waals surface area (Å²) in [6, 6.07) is 9.56. The second-order valence-electron chi connectivity index (χ2n) is 4.79. The lowest BCUT2D eigenvalue weighted by molar-refractivity contribution is -0.118. The van der Waals surface area contributed by atoms with Gasteiger partial charge in [0.25, 0.3) is 0 Å². The van der Waals surface area contributed by atoms with Crippen LogP contribution in [-0.2, 0) is 4.79 Å². The van der Waals surface area contributed by atoms with E-state index in [9.17, 15) is 4.79 Å². The Bertz CT molecular complexity index is 653. The molecule has 0 spiro atoms. The van der Waals surface area contributed by atoms with E-state index in [1.807, 2.05) is 37.3 Å². The van der Waals surface area contributed by atoms with Gasteiger partial charge in [0, 0.05) is 12.6 Å². The highest BCUT2D eigenvalue weighted by Gasteiger charge is 2.20. The minimum Gasteiger partial charge on any atom is -0.491 e. The zero-order valence-electron chi connectivity index (χ0n) is 11.5. The van der Waals surface area contributed by atoms with Crippen LogP contribution >= 0.6 is 0 Å². The maximum Gasteiger partial charge on any atom is 0.230 e. The highest BCUT2D eigenvalue weighted by molar-refractivity contribution is 5.95. The molecule has 102 valence electrons. The van der Waals surface area contributed by atoms with E-state index in [-0.39, 0.29) is 5.91 Å². The molecule has 0 radical (unpaired) electrons. The van der Waals surface area contributed by atoms with Gasteiger partial charge in [0.15, 0.2) is 0 Å². The molecule has 0 fully saturated rings. The molecular formula is C15H15N3O2. The minimum absolute atomic E-state index is 0.0518. The first-order valence-electron chi connectivity index (χ1n) is 6.49. The Morgan fingerprint density at radius 2 is 2.05 bits per heavy atom. The summed E-state index contributed by atoms with van der Waals surface area (Å²) in [5.74, 6) is 0.776. The van der Waals surface area contributed by atoms with Crippen molar-refractivity contribution in [2.24, 2.45) is 0 Å². The fourth-order valence-electron chi connectivity index (χ4n) is 2.16. The molecule has 3 rings (SSSR count). The summed E-state index contributed by atoms with van der Waals surface area (Å²) < 4.78 is 5.60. The summed E-state index contributed by atoms with van der Waals surface area (Å²) in [4.78, 5) is 13.5. The molecule has 0 unspecified atom stereocenters. The summed E-state index contributed by atoms with van der Waals surface area (Å²) in [5, 5.41) is 8.23. The van der Waals surface area contributed by atoms with Gasteiger partial charge in [0.1, 0.15) is 5.75 Å². The van der Waals surface area contributed by atoms with E-state index in [2.05, 4.69) is 10.2 Å². The first-order valence-corrected chi connectivity index (χ1v) is 6.49. The second-order valence-corrected chi connectivity index (χ2v) is 4.79. The van der Waals surface area contributed by atoms with Gasteiger partial charge >= 0.3 is 0 Å². The number of hydrogen-bond acceptors (Lipinski definition) is 4. The van der Waals surface area contributed by atoms with Crippen LogP contribution in [0.15, 0.2) is 30.3 Å². The number of aryl methyl sites for hydroxylation is 1. The zero-order valence-corrected chi connectivity index (χ0v) is 11.5. The molecule has 0 atom stereocenters. The third-order valence-electron chi connectivity index (χ3n) is 3.36. The number of nitrogens with zero attached hydrogens (tertiary/aromatic N) is 3. The Kier molecular flexibility index (Phi) is 3.10. The van der Waals surface area contributed by atoms with Crippen LogP contribution < -0.4 is 9.64 Å². The largest absolute Gasteiger partial charge is 0.491 e. The molecule has 1 aromatic heterocycles. The molecule has 0 aliphatic carbocycles. The zero-order chi connectivity index (χ0) is 14.1. The molecule has 20 heavy (non-hydrogen) atoms. The quantitative estimate of drug-likeness (QED) is 0.796. The number of fused-ring (bicyclic) bond motifs is 1.